The van der Waals surface area contributed by atoms with Gasteiger partial charge < -0.3 is 4.90 Å². The topological polar surface area (TPSA) is 61.0 Å². The molecule has 0 unspecified atom stereocenters. The molecule has 25 heavy (non-hydrogen) atoms. The number of aromatic nitrogens is 3. The first kappa shape index (κ1) is 17.4. The summed E-state index contributed by atoms with van der Waals surface area (Å²) in [7, 11) is 6.23. The highest BCUT2D eigenvalue weighted by atomic mass is 15.3. The van der Waals surface area contributed by atoms with Gasteiger partial charge in [0.25, 0.3) is 0 Å². The van der Waals surface area contributed by atoms with Crippen molar-refractivity contribution in [3.63, 3.8) is 0 Å². The maximum atomic E-state index is 9.21. The Morgan fingerprint density at radius 2 is 2.16 bits per heavy atom. The fourth-order valence-corrected chi connectivity index (χ4v) is 3.93. The average Bonchev–Trinajstić information content (AvgIpc) is 3.00. The van der Waals surface area contributed by atoms with E-state index in [0.717, 1.165) is 24.6 Å². The van der Waals surface area contributed by atoms with E-state index in [2.05, 4.69) is 46.2 Å². The van der Waals surface area contributed by atoms with Gasteiger partial charge >= 0.3 is 0 Å². The van der Waals surface area contributed by atoms with Crippen LogP contribution in [0.2, 0.25) is 0 Å². The van der Waals surface area contributed by atoms with E-state index in [1.54, 1.807) is 0 Å². The Balaban J connectivity index is 1.82. The van der Waals surface area contributed by atoms with Gasteiger partial charge in [0, 0.05) is 44.1 Å². The second-order valence-corrected chi connectivity index (χ2v) is 7.12. The summed E-state index contributed by atoms with van der Waals surface area (Å²) in [6.07, 6.45) is 6.50. The van der Waals surface area contributed by atoms with Crippen molar-refractivity contribution in [2.45, 2.75) is 25.8 Å². The van der Waals surface area contributed by atoms with Crippen LogP contribution >= 0.6 is 0 Å². The number of anilines is 1. The molecular weight excluding hydrogens is 312 g/mol. The average molecular weight is 338 g/mol. The lowest BCUT2D eigenvalue weighted by atomic mass is 9.85. The fraction of sp³-hybridized carbons (Fsp3) is 0.526. The predicted octanol–water partition coefficient (Wildman–Crippen LogP) is 2.51. The van der Waals surface area contributed by atoms with Crippen LogP contribution in [0.4, 0.5) is 5.82 Å². The molecule has 2 aromatic heterocycles. The van der Waals surface area contributed by atoms with Gasteiger partial charge in [0.15, 0.2) is 0 Å². The lowest BCUT2D eigenvalue weighted by Crippen LogP contribution is -2.41. The lowest BCUT2D eigenvalue weighted by molar-refractivity contribution is 0.124. The van der Waals surface area contributed by atoms with Crippen LogP contribution in [0, 0.1) is 24.2 Å². The van der Waals surface area contributed by atoms with E-state index in [-0.39, 0.29) is 0 Å². The van der Waals surface area contributed by atoms with Crippen molar-refractivity contribution in [2.75, 3.05) is 32.1 Å². The molecule has 0 spiro atoms. The zero-order valence-electron chi connectivity index (χ0n) is 15.5. The quantitative estimate of drug-likeness (QED) is 0.857. The van der Waals surface area contributed by atoms with Gasteiger partial charge in [0.1, 0.15) is 5.82 Å². The number of nitriles is 1. The number of hydrogen-bond donors (Lipinski definition) is 0. The molecule has 0 bridgehead atoms. The van der Waals surface area contributed by atoms with Gasteiger partial charge in [-0.3, -0.25) is 9.58 Å². The van der Waals surface area contributed by atoms with Gasteiger partial charge in [0.05, 0.1) is 17.8 Å². The third-order valence-corrected chi connectivity index (χ3v) is 5.04. The SMILES string of the molecule is Cc1cc(C#N)cc(N(C)C[C@@H]2CCCN(C)[C@H]2c2cnn(C)c2)n1. The summed E-state index contributed by atoms with van der Waals surface area (Å²) < 4.78 is 1.87. The van der Waals surface area contributed by atoms with Crippen molar-refractivity contribution in [2.24, 2.45) is 13.0 Å². The Labute approximate surface area is 149 Å². The summed E-state index contributed by atoms with van der Waals surface area (Å²) in [5, 5.41) is 13.6. The van der Waals surface area contributed by atoms with Crippen molar-refractivity contribution in [3.05, 3.63) is 41.3 Å². The zero-order chi connectivity index (χ0) is 18.0. The Morgan fingerprint density at radius 1 is 1.36 bits per heavy atom. The molecule has 6 heteroatoms. The minimum atomic E-state index is 0.366. The molecule has 2 aromatic rings. The van der Waals surface area contributed by atoms with Crippen LogP contribution in [-0.4, -0.2) is 46.8 Å². The Bertz CT molecular complexity index is 774. The fourth-order valence-electron chi connectivity index (χ4n) is 3.93. The van der Waals surface area contributed by atoms with Crippen molar-refractivity contribution in [1.82, 2.24) is 19.7 Å². The molecule has 1 fully saturated rings. The monoisotopic (exact) mass is 338 g/mol. The van der Waals surface area contributed by atoms with Crippen molar-refractivity contribution in [1.29, 1.82) is 5.26 Å². The van der Waals surface area contributed by atoms with E-state index in [1.807, 2.05) is 37.0 Å². The summed E-state index contributed by atoms with van der Waals surface area (Å²) in [4.78, 5) is 9.23. The van der Waals surface area contributed by atoms with Crippen LogP contribution in [0.1, 0.15) is 35.7 Å². The number of nitrogens with zero attached hydrogens (tertiary/aromatic N) is 6. The minimum Gasteiger partial charge on any atom is -0.359 e. The zero-order valence-corrected chi connectivity index (χ0v) is 15.5. The standard InChI is InChI=1S/C19H26N6/c1-14-8-15(10-20)9-18(22-14)24(3)12-16-6-5-7-23(2)19(16)17-11-21-25(4)13-17/h8-9,11,13,16,19H,5-7,12H2,1-4H3/t16-,19+/m0/s1. The first-order valence-corrected chi connectivity index (χ1v) is 8.76. The molecule has 132 valence electrons. The second kappa shape index (κ2) is 7.24. The van der Waals surface area contributed by atoms with Crippen LogP contribution in [0.3, 0.4) is 0 Å². The molecular formula is C19H26N6. The summed E-state index contributed by atoms with van der Waals surface area (Å²) >= 11 is 0. The van der Waals surface area contributed by atoms with Gasteiger partial charge in [-0.1, -0.05) is 0 Å². The van der Waals surface area contributed by atoms with Crippen LogP contribution in [0.5, 0.6) is 0 Å². The lowest BCUT2D eigenvalue weighted by Gasteiger charge is -2.40. The molecule has 0 amide bonds. The van der Waals surface area contributed by atoms with E-state index in [0.29, 0.717) is 17.5 Å². The number of likely N-dealkylation sites (tertiary alicyclic amines) is 1. The molecule has 3 rings (SSSR count). The van der Waals surface area contributed by atoms with Crippen LogP contribution < -0.4 is 4.90 Å². The summed E-state index contributed by atoms with van der Waals surface area (Å²) in [6, 6.07) is 6.29. The van der Waals surface area contributed by atoms with E-state index in [1.165, 1.54) is 18.4 Å². The molecule has 3 heterocycles. The molecule has 0 aliphatic carbocycles. The predicted molar refractivity (Wildman–Crippen MR) is 98.3 cm³/mol. The maximum Gasteiger partial charge on any atom is 0.129 e. The highest BCUT2D eigenvalue weighted by Crippen LogP contribution is 2.35. The van der Waals surface area contributed by atoms with Gasteiger partial charge in [-0.25, -0.2) is 4.98 Å². The maximum absolute atomic E-state index is 9.21. The number of aryl methyl sites for hydroxylation is 2. The highest BCUT2D eigenvalue weighted by Gasteiger charge is 2.32. The molecule has 0 aromatic carbocycles. The molecule has 1 aliphatic rings. The molecule has 0 radical (unpaired) electrons. The summed E-state index contributed by atoms with van der Waals surface area (Å²) in [6.45, 7) is 3.96. The van der Waals surface area contributed by atoms with Gasteiger partial charge in [-0.05, 0) is 51.4 Å². The van der Waals surface area contributed by atoms with Crippen molar-refractivity contribution in [3.8, 4) is 6.07 Å². The largest absolute Gasteiger partial charge is 0.359 e. The van der Waals surface area contributed by atoms with Gasteiger partial charge in [-0.2, -0.15) is 10.4 Å². The van der Waals surface area contributed by atoms with Gasteiger partial charge in [0.2, 0.25) is 0 Å². The highest BCUT2D eigenvalue weighted by molar-refractivity contribution is 5.46. The number of piperidine rings is 1. The van der Waals surface area contributed by atoms with E-state index < -0.39 is 0 Å². The second-order valence-electron chi connectivity index (χ2n) is 7.12. The van der Waals surface area contributed by atoms with Crippen LogP contribution in [0.25, 0.3) is 0 Å². The molecule has 1 aliphatic heterocycles. The summed E-state index contributed by atoms with van der Waals surface area (Å²) in [5.74, 6) is 1.37. The van der Waals surface area contributed by atoms with Gasteiger partial charge in [-0.15, -0.1) is 0 Å². The number of hydrogen-bond acceptors (Lipinski definition) is 5. The van der Waals surface area contributed by atoms with Crippen LogP contribution in [-0.2, 0) is 7.05 Å². The minimum absolute atomic E-state index is 0.366. The Hall–Kier alpha value is -2.39. The molecule has 1 saturated heterocycles. The normalized spacial score (nSPS) is 21.1. The number of pyridine rings is 1. The molecule has 0 N–H and O–H groups in total. The smallest absolute Gasteiger partial charge is 0.129 e. The third kappa shape index (κ3) is 3.83. The number of rotatable bonds is 4. The molecule has 2 atom stereocenters. The van der Waals surface area contributed by atoms with E-state index in [9.17, 15) is 5.26 Å². The van der Waals surface area contributed by atoms with E-state index in [4.69, 9.17) is 0 Å². The first-order chi connectivity index (χ1) is 12.0. The third-order valence-electron chi connectivity index (χ3n) is 5.04. The summed E-state index contributed by atoms with van der Waals surface area (Å²) in [5.41, 5.74) is 2.82. The molecule has 0 saturated carbocycles. The first-order valence-electron chi connectivity index (χ1n) is 8.76. The molecule has 6 nitrogen and oxygen atoms in total. The van der Waals surface area contributed by atoms with E-state index >= 15 is 0 Å². The van der Waals surface area contributed by atoms with Crippen LogP contribution in [0.15, 0.2) is 24.5 Å². The van der Waals surface area contributed by atoms with Crippen molar-refractivity contribution < 1.29 is 0 Å². The Morgan fingerprint density at radius 3 is 2.84 bits per heavy atom. The Kier molecular flexibility index (Phi) is 5.05. The van der Waals surface area contributed by atoms with Crippen molar-refractivity contribution >= 4 is 5.82 Å².